The highest BCUT2D eigenvalue weighted by Gasteiger charge is 2.37. The van der Waals surface area contributed by atoms with Crippen LogP contribution in [0, 0.1) is 0 Å². The van der Waals surface area contributed by atoms with Crippen molar-refractivity contribution in [2.45, 2.75) is 31.3 Å². The van der Waals surface area contributed by atoms with Crippen LogP contribution in [0.1, 0.15) is 34.6 Å². The fourth-order valence-electron chi connectivity index (χ4n) is 4.11. The van der Waals surface area contributed by atoms with Crippen LogP contribution < -0.4 is 4.74 Å². The van der Waals surface area contributed by atoms with Gasteiger partial charge in [0.25, 0.3) is 0 Å². The van der Waals surface area contributed by atoms with E-state index in [1.54, 1.807) is 7.11 Å². The van der Waals surface area contributed by atoms with Crippen LogP contribution in [0.4, 0.5) is 0 Å². The van der Waals surface area contributed by atoms with E-state index in [1.165, 1.54) is 35.1 Å². The summed E-state index contributed by atoms with van der Waals surface area (Å²) in [5, 5.41) is 0. The first-order chi connectivity index (χ1) is 10.3. The van der Waals surface area contributed by atoms with Crippen molar-refractivity contribution in [1.29, 1.82) is 0 Å². The normalized spacial score (nSPS) is 23.9. The summed E-state index contributed by atoms with van der Waals surface area (Å²) in [7, 11) is 4.02. The van der Waals surface area contributed by atoms with Crippen molar-refractivity contribution >= 4 is 0 Å². The second-order valence-corrected chi connectivity index (χ2v) is 6.26. The minimum Gasteiger partial charge on any atom is -0.497 e. The molecule has 2 aliphatic rings. The van der Waals surface area contributed by atoms with Gasteiger partial charge < -0.3 is 4.74 Å². The lowest BCUT2D eigenvalue weighted by atomic mass is 9.72. The molecule has 1 heterocycles. The molecule has 2 heteroatoms. The van der Waals surface area contributed by atoms with E-state index in [0.29, 0.717) is 12.0 Å². The van der Waals surface area contributed by atoms with E-state index in [9.17, 15) is 0 Å². The Bertz CT molecular complexity index is 679. The largest absolute Gasteiger partial charge is 0.497 e. The maximum atomic E-state index is 5.46. The molecular formula is C19H21NO. The van der Waals surface area contributed by atoms with Gasteiger partial charge in [-0.1, -0.05) is 30.3 Å². The molecule has 0 saturated heterocycles. The van der Waals surface area contributed by atoms with E-state index in [1.807, 2.05) is 0 Å². The topological polar surface area (TPSA) is 12.5 Å². The van der Waals surface area contributed by atoms with E-state index < -0.39 is 0 Å². The first-order valence-corrected chi connectivity index (χ1v) is 7.73. The van der Waals surface area contributed by atoms with Crippen molar-refractivity contribution in [1.82, 2.24) is 4.90 Å². The zero-order valence-electron chi connectivity index (χ0n) is 12.7. The lowest BCUT2D eigenvalue weighted by Crippen LogP contribution is -2.43. The fraction of sp³-hybridized carbons (Fsp3) is 0.368. The number of hydrogen-bond acceptors (Lipinski definition) is 2. The van der Waals surface area contributed by atoms with E-state index in [4.69, 9.17) is 4.74 Å². The van der Waals surface area contributed by atoms with Gasteiger partial charge >= 0.3 is 0 Å². The number of likely N-dealkylation sites (N-methyl/N-ethyl adjacent to an activating group) is 1. The number of ether oxygens (including phenoxy) is 1. The van der Waals surface area contributed by atoms with Gasteiger partial charge in [-0.3, -0.25) is 4.90 Å². The van der Waals surface area contributed by atoms with E-state index in [-0.39, 0.29) is 0 Å². The lowest BCUT2D eigenvalue weighted by molar-refractivity contribution is 0.178. The second kappa shape index (κ2) is 4.88. The average molecular weight is 279 g/mol. The van der Waals surface area contributed by atoms with Crippen molar-refractivity contribution in [3.8, 4) is 5.75 Å². The van der Waals surface area contributed by atoms with Crippen molar-refractivity contribution < 1.29 is 4.74 Å². The summed E-state index contributed by atoms with van der Waals surface area (Å²) in [6.07, 6.45) is 2.42. The van der Waals surface area contributed by atoms with Crippen LogP contribution in [0.25, 0.3) is 0 Å². The zero-order valence-corrected chi connectivity index (χ0v) is 12.7. The Hall–Kier alpha value is -1.80. The number of nitrogens with zero attached hydrogens (tertiary/aromatic N) is 1. The summed E-state index contributed by atoms with van der Waals surface area (Å²) in [5.74, 6) is 1.46. The highest BCUT2D eigenvalue weighted by atomic mass is 16.5. The van der Waals surface area contributed by atoms with Gasteiger partial charge in [-0.05, 0) is 54.3 Å². The summed E-state index contributed by atoms with van der Waals surface area (Å²) in [6.45, 7) is 1.07. The average Bonchev–Trinajstić information content (AvgIpc) is 2.54. The van der Waals surface area contributed by atoms with Crippen molar-refractivity contribution in [3.63, 3.8) is 0 Å². The summed E-state index contributed by atoms with van der Waals surface area (Å²) in [4.78, 5) is 2.52. The Labute approximate surface area is 126 Å². The van der Waals surface area contributed by atoms with Crippen LogP contribution in [0.5, 0.6) is 5.75 Å². The van der Waals surface area contributed by atoms with Crippen molar-refractivity contribution in [2.24, 2.45) is 0 Å². The molecule has 1 aliphatic carbocycles. The Morgan fingerprint density at radius 2 is 1.90 bits per heavy atom. The number of benzene rings is 2. The van der Waals surface area contributed by atoms with Crippen LogP contribution in [0.3, 0.4) is 0 Å². The fourth-order valence-corrected chi connectivity index (χ4v) is 4.11. The predicted octanol–water partition coefficient (Wildman–Crippen LogP) is 3.59. The molecule has 108 valence electrons. The zero-order chi connectivity index (χ0) is 14.4. The molecular weight excluding hydrogens is 258 g/mol. The second-order valence-electron chi connectivity index (χ2n) is 6.26. The van der Waals surface area contributed by atoms with E-state index in [2.05, 4.69) is 54.4 Å². The predicted molar refractivity (Wildman–Crippen MR) is 84.9 cm³/mol. The molecule has 0 aromatic heterocycles. The minimum absolute atomic E-state index is 0.485. The molecule has 2 aromatic rings. The van der Waals surface area contributed by atoms with Crippen LogP contribution in [-0.4, -0.2) is 25.1 Å². The number of rotatable bonds is 1. The maximum Gasteiger partial charge on any atom is 0.119 e. The van der Waals surface area contributed by atoms with Crippen molar-refractivity contribution in [3.05, 3.63) is 64.7 Å². The molecule has 2 nitrogen and oxygen atoms in total. The monoisotopic (exact) mass is 279 g/mol. The van der Waals surface area contributed by atoms with Gasteiger partial charge in [0.2, 0.25) is 0 Å². The first-order valence-electron chi connectivity index (χ1n) is 7.73. The number of hydrogen-bond donors (Lipinski definition) is 0. The van der Waals surface area contributed by atoms with Crippen LogP contribution >= 0.6 is 0 Å². The van der Waals surface area contributed by atoms with Gasteiger partial charge in [0.05, 0.1) is 7.11 Å². The third-order valence-electron chi connectivity index (χ3n) is 5.16. The summed E-state index contributed by atoms with van der Waals surface area (Å²) in [6, 6.07) is 16.1. The van der Waals surface area contributed by atoms with Gasteiger partial charge in [-0.25, -0.2) is 0 Å². The molecule has 0 fully saturated rings. The molecule has 0 bridgehead atoms. The molecule has 2 aromatic carbocycles. The lowest BCUT2D eigenvalue weighted by Gasteiger charge is -2.44. The smallest absolute Gasteiger partial charge is 0.119 e. The molecule has 0 N–H and O–H groups in total. The minimum atomic E-state index is 0.485. The number of aryl methyl sites for hydroxylation is 1. The molecule has 0 amide bonds. The standard InChI is InChI=1S/C19H21NO/c1-20-12-14-5-3-4-6-16(14)19-17-11-15(21-2)9-7-13(17)8-10-18(19)20/h3-7,9,11,18-19H,8,10,12H2,1-2H3/t18-,19-/m0/s1. The van der Waals surface area contributed by atoms with Crippen LogP contribution in [-0.2, 0) is 13.0 Å². The van der Waals surface area contributed by atoms with Gasteiger partial charge in [-0.2, -0.15) is 0 Å². The Kier molecular flexibility index (Phi) is 3.00. The SMILES string of the molecule is COc1ccc2c(c1)[C@@H]1c3ccccc3CN(C)[C@H]1CC2. The van der Waals surface area contributed by atoms with Gasteiger partial charge in [0.1, 0.15) is 5.75 Å². The Morgan fingerprint density at radius 1 is 1.05 bits per heavy atom. The molecule has 0 saturated carbocycles. The van der Waals surface area contributed by atoms with Crippen molar-refractivity contribution in [2.75, 3.05) is 14.2 Å². The summed E-state index contributed by atoms with van der Waals surface area (Å²) in [5.41, 5.74) is 5.93. The quantitative estimate of drug-likeness (QED) is 0.791. The van der Waals surface area contributed by atoms with Gasteiger partial charge in [-0.15, -0.1) is 0 Å². The Morgan fingerprint density at radius 3 is 2.76 bits per heavy atom. The molecule has 4 rings (SSSR count). The van der Waals surface area contributed by atoms with Crippen LogP contribution in [0.2, 0.25) is 0 Å². The molecule has 1 aliphatic heterocycles. The summed E-state index contributed by atoms with van der Waals surface area (Å²) >= 11 is 0. The third kappa shape index (κ3) is 1.97. The van der Waals surface area contributed by atoms with E-state index in [0.717, 1.165) is 12.3 Å². The number of fused-ring (bicyclic) bond motifs is 5. The molecule has 0 unspecified atom stereocenters. The maximum absolute atomic E-state index is 5.46. The number of methoxy groups -OCH3 is 1. The highest BCUT2D eigenvalue weighted by Crippen LogP contribution is 2.44. The van der Waals surface area contributed by atoms with Gasteiger partial charge in [0, 0.05) is 18.5 Å². The molecule has 0 radical (unpaired) electrons. The molecule has 2 atom stereocenters. The molecule has 21 heavy (non-hydrogen) atoms. The molecule has 0 spiro atoms. The van der Waals surface area contributed by atoms with Gasteiger partial charge in [0.15, 0.2) is 0 Å². The van der Waals surface area contributed by atoms with E-state index >= 15 is 0 Å². The van der Waals surface area contributed by atoms with Crippen LogP contribution in [0.15, 0.2) is 42.5 Å². The highest BCUT2D eigenvalue weighted by molar-refractivity contribution is 5.49. The Balaban J connectivity index is 1.91. The third-order valence-corrected chi connectivity index (χ3v) is 5.16. The summed E-state index contributed by atoms with van der Waals surface area (Å²) < 4.78 is 5.46. The first kappa shape index (κ1) is 12.9.